The van der Waals surface area contributed by atoms with Gasteiger partial charge in [0, 0.05) is 29.3 Å². The Labute approximate surface area is 162 Å². The molecule has 0 radical (unpaired) electrons. The second kappa shape index (κ2) is 8.41. The number of rotatable bonds is 7. The van der Waals surface area contributed by atoms with Crippen molar-refractivity contribution in [2.75, 3.05) is 5.75 Å². The molecule has 2 aromatic heterocycles. The molecule has 8 heteroatoms. The molecule has 0 aliphatic heterocycles. The fourth-order valence-electron chi connectivity index (χ4n) is 2.44. The van der Waals surface area contributed by atoms with Crippen molar-refractivity contribution in [3.63, 3.8) is 0 Å². The zero-order valence-corrected chi connectivity index (χ0v) is 16.4. The van der Waals surface area contributed by atoms with Crippen molar-refractivity contribution in [3.05, 3.63) is 65.4 Å². The third-order valence-electron chi connectivity index (χ3n) is 3.95. The highest BCUT2D eigenvalue weighted by Crippen LogP contribution is 2.27. The van der Waals surface area contributed by atoms with Gasteiger partial charge in [0.15, 0.2) is 9.84 Å². The molecule has 0 aliphatic rings. The van der Waals surface area contributed by atoms with Crippen molar-refractivity contribution in [3.8, 4) is 10.6 Å². The largest absolute Gasteiger partial charge is 0.351 e. The number of aromatic nitrogens is 2. The number of thiazole rings is 1. The lowest BCUT2D eigenvalue weighted by atomic mass is 10.3. The average Bonchev–Trinajstić information content (AvgIpc) is 3.07. The molecule has 0 saturated carbocycles. The van der Waals surface area contributed by atoms with Crippen molar-refractivity contribution in [2.24, 2.45) is 0 Å². The number of nitrogens with zero attached hydrogens (tertiary/aromatic N) is 2. The molecule has 1 aromatic carbocycles. The summed E-state index contributed by atoms with van der Waals surface area (Å²) in [6, 6.07) is 11.9. The van der Waals surface area contributed by atoms with E-state index in [2.05, 4.69) is 15.3 Å². The van der Waals surface area contributed by atoms with Crippen LogP contribution < -0.4 is 5.32 Å². The first kappa shape index (κ1) is 19.2. The Bertz CT molecular complexity index is 1020. The van der Waals surface area contributed by atoms with Crippen LogP contribution in [0.3, 0.4) is 0 Å². The van der Waals surface area contributed by atoms with Gasteiger partial charge in [-0.3, -0.25) is 9.78 Å². The monoisotopic (exact) mass is 401 g/mol. The highest BCUT2D eigenvalue weighted by atomic mass is 32.2. The van der Waals surface area contributed by atoms with Crippen molar-refractivity contribution in [1.29, 1.82) is 0 Å². The van der Waals surface area contributed by atoms with Crippen LogP contribution in [-0.4, -0.2) is 30.0 Å². The van der Waals surface area contributed by atoms with Gasteiger partial charge in [-0.05, 0) is 31.2 Å². The SMILES string of the molecule is Cc1nc(-c2cccnc2)sc1CNC(=O)CCS(=O)(=O)c1ccccc1. The lowest BCUT2D eigenvalue weighted by molar-refractivity contribution is -0.120. The number of nitrogens with one attached hydrogen (secondary N) is 1. The summed E-state index contributed by atoms with van der Waals surface area (Å²) in [7, 11) is -3.46. The van der Waals surface area contributed by atoms with Crippen molar-refractivity contribution in [2.45, 2.75) is 24.8 Å². The number of carbonyl (C=O) groups is 1. The summed E-state index contributed by atoms with van der Waals surface area (Å²) >= 11 is 1.49. The van der Waals surface area contributed by atoms with E-state index in [0.29, 0.717) is 6.54 Å². The molecule has 0 bridgehead atoms. The van der Waals surface area contributed by atoms with E-state index in [1.807, 2.05) is 19.1 Å². The molecule has 0 aliphatic carbocycles. The van der Waals surface area contributed by atoms with Gasteiger partial charge >= 0.3 is 0 Å². The van der Waals surface area contributed by atoms with Crippen LogP contribution in [0.5, 0.6) is 0 Å². The van der Waals surface area contributed by atoms with Gasteiger partial charge in [0.2, 0.25) is 5.91 Å². The molecule has 0 saturated heterocycles. The quantitative estimate of drug-likeness (QED) is 0.657. The van der Waals surface area contributed by atoms with Gasteiger partial charge in [-0.25, -0.2) is 13.4 Å². The Kier molecular flexibility index (Phi) is 5.98. The normalized spacial score (nSPS) is 11.3. The van der Waals surface area contributed by atoms with E-state index in [4.69, 9.17) is 0 Å². The molecule has 0 spiro atoms. The van der Waals surface area contributed by atoms with Crippen LogP contribution in [0.1, 0.15) is 17.0 Å². The van der Waals surface area contributed by atoms with Crippen LogP contribution in [0.4, 0.5) is 0 Å². The maximum Gasteiger partial charge on any atom is 0.221 e. The summed E-state index contributed by atoms with van der Waals surface area (Å²) in [5.74, 6) is -0.518. The first-order valence-corrected chi connectivity index (χ1v) is 10.8. The Balaban J connectivity index is 1.56. The number of benzene rings is 1. The van der Waals surface area contributed by atoms with Crippen LogP contribution in [0, 0.1) is 6.92 Å². The minimum atomic E-state index is -3.46. The summed E-state index contributed by atoms with van der Waals surface area (Å²) in [6.45, 7) is 2.21. The minimum Gasteiger partial charge on any atom is -0.351 e. The molecule has 27 heavy (non-hydrogen) atoms. The van der Waals surface area contributed by atoms with Crippen molar-refractivity contribution in [1.82, 2.24) is 15.3 Å². The maximum absolute atomic E-state index is 12.2. The lowest BCUT2D eigenvalue weighted by Crippen LogP contribution is -2.25. The lowest BCUT2D eigenvalue weighted by Gasteiger charge is -2.06. The van der Waals surface area contributed by atoms with Gasteiger partial charge in [0.25, 0.3) is 0 Å². The number of aryl methyl sites for hydroxylation is 1. The number of hydrogen-bond donors (Lipinski definition) is 1. The van der Waals surface area contributed by atoms with E-state index in [-0.39, 0.29) is 23.0 Å². The fourth-order valence-corrected chi connectivity index (χ4v) is 4.70. The van der Waals surface area contributed by atoms with Gasteiger partial charge in [-0.1, -0.05) is 18.2 Å². The topological polar surface area (TPSA) is 89.0 Å². The Hall–Kier alpha value is -2.58. The van der Waals surface area contributed by atoms with Crippen molar-refractivity contribution < 1.29 is 13.2 Å². The molecule has 3 rings (SSSR count). The summed E-state index contributed by atoms with van der Waals surface area (Å²) in [4.78, 5) is 21.9. The number of amides is 1. The Morgan fingerprint density at radius 1 is 1.15 bits per heavy atom. The van der Waals surface area contributed by atoms with E-state index in [9.17, 15) is 13.2 Å². The number of carbonyl (C=O) groups excluding carboxylic acids is 1. The Morgan fingerprint density at radius 2 is 1.93 bits per heavy atom. The summed E-state index contributed by atoms with van der Waals surface area (Å²) in [6.07, 6.45) is 3.37. The third kappa shape index (κ3) is 4.99. The van der Waals surface area contributed by atoms with Crippen LogP contribution in [0.25, 0.3) is 10.6 Å². The first-order valence-electron chi connectivity index (χ1n) is 8.37. The number of sulfone groups is 1. The Morgan fingerprint density at radius 3 is 2.63 bits per heavy atom. The second-order valence-electron chi connectivity index (χ2n) is 5.93. The summed E-state index contributed by atoms with van der Waals surface area (Å²) < 4.78 is 24.5. The smallest absolute Gasteiger partial charge is 0.221 e. The molecule has 1 amide bonds. The zero-order chi connectivity index (χ0) is 19.3. The van der Waals surface area contributed by atoms with E-state index in [1.54, 1.807) is 30.6 Å². The third-order valence-corrected chi connectivity index (χ3v) is 6.89. The zero-order valence-electron chi connectivity index (χ0n) is 14.8. The van der Waals surface area contributed by atoms with E-state index in [1.165, 1.54) is 23.5 Å². The second-order valence-corrected chi connectivity index (χ2v) is 9.12. The molecule has 6 nitrogen and oxygen atoms in total. The fraction of sp³-hybridized carbons (Fsp3) is 0.211. The predicted molar refractivity (Wildman–Crippen MR) is 105 cm³/mol. The average molecular weight is 402 g/mol. The van der Waals surface area contributed by atoms with Gasteiger partial charge in [0.1, 0.15) is 5.01 Å². The van der Waals surface area contributed by atoms with Gasteiger partial charge < -0.3 is 5.32 Å². The van der Waals surface area contributed by atoms with Gasteiger partial charge in [-0.15, -0.1) is 11.3 Å². The molecule has 3 aromatic rings. The highest BCUT2D eigenvalue weighted by molar-refractivity contribution is 7.91. The first-order chi connectivity index (χ1) is 13.0. The van der Waals surface area contributed by atoms with E-state index in [0.717, 1.165) is 21.1 Å². The van der Waals surface area contributed by atoms with E-state index >= 15 is 0 Å². The van der Waals surface area contributed by atoms with E-state index < -0.39 is 9.84 Å². The molecular formula is C19H19N3O3S2. The van der Waals surface area contributed by atoms with Crippen molar-refractivity contribution >= 4 is 27.1 Å². The standard InChI is InChI=1S/C19H19N3O3S2/c1-14-17(26-19(22-14)15-6-5-10-20-12-15)13-21-18(23)9-11-27(24,25)16-7-3-2-4-8-16/h2-8,10,12H,9,11,13H2,1H3,(H,21,23). The molecule has 0 atom stereocenters. The molecule has 1 N–H and O–H groups in total. The maximum atomic E-state index is 12.2. The highest BCUT2D eigenvalue weighted by Gasteiger charge is 2.16. The predicted octanol–water partition coefficient (Wildman–Crippen LogP) is 2.99. The molecule has 140 valence electrons. The summed E-state index contributed by atoms with van der Waals surface area (Å²) in [5.41, 5.74) is 1.77. The number of hydrogen-bond acceptors (Lipinski definition) is 6. The van der Waals surface area contributed by atoms with Gasteiger partial charge in [-0.2, -0.15) is 0 Å². The molecule has 0 unspecified atom stereocenters. The van der Waals surface area contributed by atoms with Crippen LogP contribution in [0.2, 0.25) is 0 Å². The van der Waals surface area contributed by atoms with Crippen LogP contribution in [-0.2, 0) is 21.2 Å². The van der Waals surface area contributed by atoms with Gasteiger partial charge in [0.05, 0.1) is 22.9 Å². The summed E-state index contributed by atoms with van der Waals surface area (Å²) in [5, 5.41) is 3.62. The minimum absolute atomic E-state index is 0.0788. The molecular weight excluding hydrogens is 382 g/mol. The van der Waals surface area contributed by atoms with Crippen LogP contribution in [0.15, 0.2) is 59.8 Å². The molecule has 0 fully saturated rings. The van der Waals surface area contributed by atoms with Crippen LogP contribution >= 0.6 is 11.3 Å². The number of pyridine rings is 1. The molecule has 2 heterocycles.